The standard InChI is InChI=1S/C17H29N3/c1-4-20(5-2)17-8-6-15(7-9-17)12-18-13-16-10-11-19(3)14-16/h6-9,16,18H,4-5,10-14H2,1-3H3. The van der Waals surface area contributed by atoms with E-state index in [0.717, 1.165) is 32.1 Å². The number of rotatable bonds is 7. The van der Waals surface area contributed by atoms with Crippen LogP contribution in [-0.4, -0.2) is 44.7 Å². The number of nitrogens with one attached hydrogen (secondary N) is 1. The van der Waals surface area contributed by atoms with E-state index in [1.165, 1.54) is 30.8 Å². The van der Waals surface area contributed by atoms with Gasteiger partial charge in [-0.2, -0.15) is 0 Å². The van der Waals surface area contributed by atoms with Gasteiger partial charge in [-0.1, -0.05) is 12.1 Å². The number of benzene rings is 1. The lowest BCUT2D eigenvalue weighted by molar-refractivity contribution is 0.388. The molecule has 0 aliphatic carbocycles. The Labute approximate surface area is 124 Å². The van der Waals surface area contributed by atoms with E-state index in [0.29, 0.717) is 0 Å². The summed E-state index contributed by atoms with van der Waals surface area (Å²) in [7, 11) is 2.21. The van der Waals surface area contributed by atoms with Crippen LogP contribution in [0.5, 0.6) is 0 Å². The first-order valence-corrected chi connectivity index (χ1v) is 7.96. The highest BCUT2D eigenvalue weighted by Gasteiger charge is 2.18. The van der Waals surface area contributed by atoms with Crippen LogP contribution < -0.4 is 10.2 Å². The van der Waals surface area contributed by atoms with E-state index >= 15 is 0 Å². The van der Waals surface area contributed by atoms with E-state index < -0.39 is 0 Å². The van der Waals surface area contributed by atoms with Crippen LogP contribution >= 0.6 is 0 Å². The zero-order valence-electron chi connectivity index (χ0n) is 13.2. The normalized spacial score (nSPS) is 19.4. The zero-order chi connectivity index (χ0) is 14.4. The van der Waals surface area contributed by atoms with Crippen molar-refractivity contribution in [1.29, 1.82) is 0 Å². The summed E-state index contributed by atoms with van der Waals surface area (Å²) in [4.78, 5) is 4.80. The number of hydrogen-bond acceptors (Lipinski definition) is 3. The van der Waals surface area contributed by atoms with Crippen LogP contribution in [0.15, 0.2) is 24.3 Å². The highest BCUT2D eigenvalue weighted by Crippen LogP contribution is 2.16. The molecule has 3 heteroatoms. The van der Waals surface area contributed by atoms with Crippen molar-refractivity contribution in [3.8, 4) is 0 Å². The average molecular weight is 275 g/mol. The summed E-state index contributed by atoms with van der Waals surface area (Å²) in [6, 6.07) is 8.99. The Morgan fingerprint density at radius 3 is 2.45 bits per heavy atom. The molecule has 1 aliphatic heterocycles. The first kappa shape index (κ1) is 15.3. The first-order chi connectivity index (χ1) is 9.72. The second-order valence-corrected chi connectivity index (χ2v) is 5.89. The molecule has 1 N–H and O–H groups in total. The molecule has 0 saturated carbocycles. The van der Waals surface area contributed by atoms with Gasteiger partial charge in [0.1, 0.15) is 0 Å². The van der Waals surface area contributed by atoms with Gasteiger partial charge in [0.25, 0.3) is 0 Å². The number of nitrogens with zero attached hydrogens (tertiary/aromatic N) is 2. The molecule has 20 heavy (non-hydrogen) atoms. The number of anilines is 1. The van der Waals surface area contributed by atoms with Crippen molar-refractivity contribution >= 4 is 5.69 Å². The van der Waals surface area contributed by atoms with E-state index in [1.54, 1.807) is 0 Å². The molecule has 112 valence electrons. The van der Waals surface area contributed by atoms with Crippen molar-refractivity contribution in [2.75, 3.05) is 44.7 Å². The Balaban J connectivity index is 1.76. The number of hydrogen-bond donors (Lipinski definition) is 1. The molecule has 1 atom stereocenters. The van der Waals surface area contributed by atoms with Gasteiger partial charge in [-0.15, -0.1) is 0 Å². The quantitative estimate of drug-likeness (QED) is 0.825. The highest BCUT2D eigenvalue weighted by molar-refractivity contribution is 5.47. The third kappa shape index (κ3) is 4.22. The summed E-state index contributed by atoms with van der Waals surface area (Å²) >= 11 is 0. The molecule has 3 nitrogen and oxygen atoms in total. The predicted molar refractivity (Wildman–Crippen MR) is 87.3 cm³/mol. The second-order valence-electron chi connectivity index (χ2n) is 5.89. The molecule has 1 saturated heterocycles. The van der Waals surface area contributed by atoms with Crippen LogP contribution in [0.1, 0.15) is 25.8 Å². The average Bonchev–Trinajstić information content (AvgIpc) is 2.87. The van der Waals surface area contributed by atoms with Crippen LogP contribution in [0.2, 0.25) is 0 Å². The van der Waals surface area contributed by atoms with Crippen LogP contribution in [-0.2, 0) is 6.54 Å². The molecule has 1 heterocycles. The minimum atomic E-state index is 0.829. The molecular formula is C17H29N3. The molecule has 0 radical (unpaired) electrons. The topological polar surface area (TPSA) is 18.5 Å². The van der Waals surface area contributed by atoms with E-state index in [-0.39, 0.29) is 0 Å². The van der Waals surface area contributed by atoms with Gasteiger partial charge in [0, 0.05) is 31.9 Å². The molecule has 0 amide bonds. The van der Waals surface area contributed by atoms with Gasteiger partial charge in [0.2, 0.25) is 0 Å². The summed E-state index contributed by atoms with van der Waals surface area (Å²) in [6.07, 6.45) is 1.34. The maximum absolute atomic E-state index is 3.60. The Morgan fingerprint density at radius 2 is 1.90 bits per heavy atom. The molecule has 1 aliphatic rings. The molecule has 0 spiro atoms. The summed E-state index contributed by atoms with van der Waals surface area (Å²) in [5.41, 5.74) is 2.71. The Bertz CT molecular complexity index is 384. The van der Waals surface area contributed by atoms with Crippen LogP contribution in [0, 0.1) is 5.92 Å². The molecule has 1 aromatic carbocycles. The molecule has 1 fully saturated rings. The minimum absolute atomic E-state index is 0.829. The van der Waals surface area contributed by atoms with Crippen molar-refractivity contribution in [3.05, 3.63) is 29.8 Å². The molecule has 0 bridgehead atoms. The smallest absolute Gasteiger partial charge is 0.0366 e. The van der Waals surface area contributed by atoms with Crippen molar-refractivity contribution in [1.82, 2.24) is 10.2 Å². The largest absolute Gasteiger partial charge is 0.372 e. The van der Waals surface area contributed by atoms with Crippen molar-refractivity contribution in [2.24, 2.45) is 5.92 Å². The summed E-state index contributed by atoms with van der Waals surface area (Å²) in [5, 5.41) is 3.60. The third-order valence-corrected chi connectivity index (χ3v) is 4.32. The highest BCUT2D eigenvalue weighted by atomic mass is 15.1. The molecule has 1 aromatic rings. The van der Waals surface area contributed by atoms with Gasteiger partial charge in [-0.25, -0.2) is 0 Å². The molecule has 1 unspecified atom stereocenters. The lowest BCUT2D eigenvalue weighted by atomic mass is 10.1. The van der Waals surface area contributed by atoms with Crippen molar-refractivity contribution < 1.29 is 0 Å². The SMILES string of the molecule is CCN(CC)c1ccc(CNCC2CCN(C)C2)cc1. The first-order valence-electron chi connectivity index (χ1n) is 7.96. The molecule has 0 aromatic heterocycles. The van der Waals surface area contributed by atoms with Gasteiger partial charge in [0.05, 0.1) is 0 Å². The fourth-order valence-corrected chi connectivity index (χ4v) is 3.03. The van der Waals surface area contributed by atoms with Gasteiger partial charge < -0.3 is 15.1 Å². The molecular weight excluding hydrogens is 246 g/mol. The second kappa shape index (κ2) is 7.65. The maximum atomic E-state index is 3.60. The fraction of sp³-hybridized carbons (Fsp3) is 0.647. The summed E-state index contributed by atoms with van der Waals surface area (Å²) < 4.78 is 0. The molecule has 2 rings (SSSR count). The Kier molecular flexibility index (Phi) is 5.86. The lowest BCUT2D eigenvalue weighted by Gasteiger charge is -2.21. The number of likely N-dealkylation sites (tertiary alicyclic amines) is 1. The summed E-state index contributed by atoms with van der Waals surface area (Å²) in [6.45, 7) is 11.2. The maximum Gasteiger partial charge on any atom is 0.0366 e. The summed E-state index contributed by atoms with van der Waals surface area (Å²) in [5.74, 6) is 0.829. The van der Waals surface area contributed by atoms with Gasteiger partial charge >= 0.3 is 0 Å². The van der Waals surface area contributed by atoms with Gasteiger partial charge in [-0.3, -0.25) is 0 Å². The van der Waals surface area contributed by atoms with Crippen molar-refractivity contribution in [3.63, 3.8) is 0 Å². The Hall–Kier alpha value is -1.06. The van der Waals surface area contributed by atoms with E-state index in [4.69, 9.17) is 0 Å². The van der Waals surface area contributed by atoms with Gasteiger partial charge in [-0.05, 0) is 64.0 Å². The van der Waals surface area contributed by atoms with E-state index in [1.807, 2.05) is 0 Å². The third-order valence-electron chi connectivity index (χ3n) is 4.32. The monoisotopic (exact) mass is 275 g/mol. The van der Waals surface area contributed by atoms with Crippen LogP contribution in [0.25, 0.3) is 0 Å². The van der Waals surface area contributed by atoms with Crippen LogP contribution in [0.4, 0.5) is 5.69 Å². The van der Waals surface area contributed by atoms with Gasteiger partial charge in [0.15, 0.2) is 0 Å². The van der Waals surface area contributed by atoms with Crippen molar-refractivity contribution in [2.45, 2.75) is 26.8 Å². The Morgan fingerprint density at radius 1 is 1.20 bits per heavy atom. The van der Waals surface area contributed by atoms with E-state index in [9.17, 15) is 0 Å². The fourth-order valence-electron chi connectivity index (χ4n) is 3.03. The lowest BCUT2D eigenvalue weighted by Crippen LogP contribution is -2.25. The van der Waals surface area contributed by atoms with Crippen LogP contribution in [0.3, 0.4) is 0 Å². The zero-order valence-corrected chi connectivity index (χ0v) is 13.2. The minimum Gasteiger partial charge on any atom is -0.372 e. The van der Waals surface area contributed by atoms with E-state index in [2.05, 4.69) is 60.3 Å². The predicted octanol–water partition coefficient (Wildman–Crippen LogP) is 2.57.